The van der Waals surface area contributed by atoms with Gasteiger partial charge in [0.1, 0.15) is 5.75 Å². The number of fused-ring (bicyclic) bond motifs is 2. The number of rotatable bonds is 9. The van der Waals surface area contributed by atoms with Crippen molar-refractivity contribution in [2.75, 3.05) is 19.1 Å². The molecule has 2 aliphatic rings. The molecule has 5 rings (SSSR count). The van der Waals surface area contributed by atoms with Crippen LogP contribution in [0.2, 0.25) is 0 Å². The number of aromatic nitrogens is 1. The largest absolute Gasteiger partial charge is 0.497 e. The van der Waals surface area contributed by atoms with Gasteiger partial charge in [0.15, 0.2) is 0 Å². The topological polar surface area (TPSA) is 77.8 Å². The highest BCUT2D eigenvalue weighted by Crippen LogP contribution is 2.50. The summed E-state index contributed by atoms with van der Waals surface area (Å²) in [6.07, 6.45) is 5.37. The van der Waals surface area contributed by atoms with Crippen molar-refractivity contribution in [2.24, 2.45) is 11.8 Å². The summed E-state index contributed by atoms with van der Waals surface area (Å²) in [5.74, 6) is -0.815. The van der Waals surface area contributed by atoms with Gasteiger partial charge in [0.2, 0.25) is 11.8 Å². The number of ether oxygens (including phenoxy) is 2. The normalized spacial score (nSPS) is 20.9. The quantitative estimate of drug-likeness (QED) is 0.272. The Morgan fingerprint density at radius 2 is 1.74 bits per heavy atom. The van der Waals surface area contributed by atoms with Crippen molar-refractivity contribution in [3.8, 4) is 5.75 Å². The Kier molecular flexibility index (Phi) is 7.60. The van der Waals surface area contributed by atoms with Gasteiger partial charge in [-0.15, -0.1) is 0 Å². The summed E-state index contributed by atoms with van der Waals surface area (Å²) in [5, 5.41) is 0. The van der Waals surface area contributed by atoms with E-state index in [2.05, 4.69) is 24.6 Å². The minimum absolute atomic E-state index is 0.0694. The fraction of sp³-hybridized carbons (Fsp3) is 0.406. The molecule has 0 unspecified atom stereocenters. The van der Waals surface area contributed by atoms with E-state index in [1.54, 1.807) is 7.11 Å². The third kappa shape index (κ3) is 4.75. The number of unbranched alkanes of at least 4 members (excludes halogenated alkanes) is 1. The van der Waals surface area contributed by atoms with Gasteiger partial charge < -0.3 is 14.0 Å². The van der Waals surface area contributed by atoms with E-state index in [0.717, 1.165) is 47.4 Å². The maximum absolute atomic E-state index is 13.9. The zero-order valence-corrected chi connectivity index (χ0v) is 23.1. The molecule has 3 aromatic rings. The summed E-state index contributed by atoms with van der Waals surface area (Å²) in [4.78, 5) is 41.7. The SMILES string of the molecule is CCCC[C@H]1c2c(cn([C@@H](C)c3ccc(OC)cc3)c2CC(=O)OC)C[C@H]2C(=O)N(c3ccccc3)C(=O)[C@H]21. The summed E-state index contributed by atoms with van der Waals surface area (Å²) < 4.78 is 12.6. The smallest absolute Gasteiger partial charge is 0.311 e. The van der Waals surface area contributed by atoms with Crippen molar-refractivity contribution >= 4 is 23.5 Å². The number of esters is 1. The molecule has 2 aromatic carbocycles. The number of hydrogen-bond donors (Lipinski definition) is 0. The minimum Gasteiger partial charge on any atom is -0.497 e. The van der Waals surface area contributed by atoms with Crippen LogP contribution < -0.4 is 9.64 Å². The predicted molar refractivity (Wildman–Crippen MR) is 149 cm³/mol. The van der Waals surface area contributed by atoms with Gasteiger partial charge in [-0.1, -0.05) is 50.1 Å². The molecule has 1 saturated heterocycles. The lowest BCUT2D eigenvalue weighted by Crippen LogP contribution is -2.33. The number of anilines is 1. The van der Waals surface area contributed by atoms with Gasteiger partial charge in [-0.05, 0) is 66.6 Å². The molecular formula is C32H36N2O5. The van der Waals surface area contributed by atoms with E-state index in [1.165, 1.54) is 12.0 Å². The third-order valence-corrected chi connectivity index (χ3v) is 8.42. The van der Waals surface area contributed by atoms with Crippen LogP contribution >= 0.6 is 0 Å². The van der Waals surface area contributed by atoms with Crippen molar-refractivity contribution in [3.05, 3.63) is 83.2 Å². The van der Waals surface area contributed by atoms with Crippen molar-refractivity contribution < 1.29 is 23.9 Å². The number of carbonyl (C=O) groups excluding carboxylic acids is 3. The Labute approximate surface area is 229 Å². The van der Waals surface area contributed by atoms with Gasteiger partial charge in [0.25, 0.3) is 0 Å². The molecule has 1 fully saturated rings. The van der Waals surface area contributed by atoms with Gasteiger partial charge >= 0.3 is 5.97 Å². The highest BCUT2D eigenvalue weighted by atomic mass is 16.5. The number of amides is 2. The van der Waals surface area contributed by atoms with Crippen LogP contribution in [0.15, 0.2) is 60.8 Å². The maximum atomic E-state index is 13.9. The van der Waals surface area contributed by atoms with Crippen LogP contribution in [0.1, 0.15) is 67.5 Å². The van der Waals surface area contributed by atoms with E-state index in [4.69, 9.17) is 9.47 Å². The summed E-state index contributed by atoms with van der Waals surface area (Å²) in [5.41, 5.74) is 4.66. The van der Waals surface area contributed by atoms with Crippen LogP contribution in [0.5, 0.6) is 5.75 Å². The molecule has 0 spiro atoms. The van der Waals surface area contributed by atoms with E-state index < -0.39 is 11.8 Å². The average Bonchev–Trinajstić information content (AvgIpc) is 3.45. The second-order valence-electron chi connectivity index (χ2n) is 10.6. The summed E-state index contributed by atoms with van der Waals surface area (Å²) in [6.45, 7) is 4.23. The molecule has 1 aliphatic carbocycles. The zero-order chi connectivity index (χ0) is 27.7. The Balaban J connectivity index is 1.61. The molecular weight excluding hydrogens is 492 g/mol. The van der Waals surface area contributed by atoms with E-state index in [9.17, 15) is 14.4 Å². The fourth-order valence-electron chi connectivity index (χ4n) is 6.45. The third-order valence-electron chi connectivity index (χ3n) is 8.42. The first kappa shape index (κ1) is 26.7. The maximum Gasteiger partial charge on any atom is 0.311 e. The van der Waals surface area contributed by atoms with Crippen LogP contribution in [0.25, 0.3) is 0 Å². The second-order valence-corrected chi connectivity index (χ2v) is 10.6. The standard InChI is InChI=1S/C32H36N2O5/c1-5-6-12-25-29-22(17-26-30(25)32(37)34(31(26)36)23-10-8-7-9-11-23)19-33(27(29)18-28(35)39-4)20(2)21-13-15-24(38-3)16-14-21/h7-11,13-16,19-20,25-26,30H,5-6,12,17-18H2,1-4H3/t20-,25-,26+,30-/m0/s1. The Morgan fingerprint density at radius 3 is 2.38 bits per heavy atom. The van der Waals surface area contributed by atoms with Gasteiger partial charge in [0.05, 0.1) is 44.2 Å². The number of imide groups is 1. The van der Waals surface area contributed by atoms with Crippen LogP contribution in [0.4, 0.5) is 5.69 Å². The molecule has 7 heteroatoms. The molecule has 0 saturated carbocycles. The lowest BCUT2D eigenvalue weighted by atomic mass is 9.68. The molecule has 0 radical (unpaired) electrons. The summed E-state index contributed by atoms with van der Waals surface area (Å²) >= 11 is 0. The van der Waals surface area contributed by atoms with Crippen LogP contribution in [0.3, 0.4) is 0 Å². The van der Waals surface area contributed by atoms with Crippen molar-refractivity contribution in [3.63, 3.8) is 0 Å². The average molecular weight is 529 g/mol. The molecule has 204 valence electrons. The number of para-hydroxylation sites is 1. The second kappa shape index (κ2) is 11.1. The molecule has 2 heterocycles. The molecule has 1 aliphatic heterocycles. The van der Waals surface area contributed by atoms with Gasteiger partial charge in [0, 0.05) is 11.9 Å². The van der Waals surface area contributed by atoms with Crippen molar-refractivity contribution in [2.45, 2.75) is 57.9 Å². The van der Waals surface area contributed by atoms with Gasteiger partial charge in [-0.25, -0.2) is 0 Å². The summed E-state index contributed by atoms with van der Waals surface area (Å²) in [6, 6.07) is 17.0. The molecule has 7 nitrogen and oxygen atoms in total. The van der Waals surface area contributed by atoms with Crippen LogP contribution in [0, 0.1) is 11.8 Å². The molecule has 2 amide bonds. The first-order valence-electron chi connectivity index (χ1n) is 13.8. The van der Waals surface area contributed by atoms with Crippen LogP contribution in [-0.4, -0.2) is 36.6 Å². The number of nitrogens with zero attached hydrogens (tertiary/aromatic N) is 2. The fourth-order valence-corrected chi connectivity index (χ4v) is 6.45. The first-order valence-corrected chi connectivity index (χ1v) is 13.8. The molecule has 4 atom stereocenters. The Morgan fingerprint density at radius 1 is 1.03 bits per heavy atom. The van der Waals surface area contributed by atoms with E-state index in [-0.39, 0.29) is 36.2 Å². The number of carbonyl (C=O) groups is 3. The van der Waals surface area contributed by atoms with Crippen LogP contribution in [-0.2, 0) is 32.0 Å². The zero-order valence-electron chi connectivity index (χ0n) is 23.1. The first-order chi connectivity index (χ1) is 18.9. The Hall–Kier alpha value is -3.87. The molecule has 1 aromatic heterocycles. The number of methoxy groups -OCH3 is 2. The predicted octanol–water partition coefficient (Wildman–Crippen LogP) is 5.46. The summed E-state index contributed by atoms with van der Waals surface area (Å²) in [7, 11) is 3.04. The molecule has 0 bridgehead atoms. The highest BCUT2D eigenvalue weighted by Gasteiger charge is 2.55. The highest BCUT2D eigenvalue weighted by molar-refractivity contribution is 6.22. The number of benzene rings is 2. The van der Waals surface area contributed by atoms with E-state index >= 15 is 0 Å². The molecule has 39 heavy (non-hydrogen) atoms. The molecule has 0 N–H and O–H groups in total. The lowest BCUT2D eigenvalue weighted by Gasteiger charge is -2.32. The van der Waals surface area contributed by atoms with Gasteiger partial charge in [-0.2, -0.15) is 0 Å². The van der Waals surface area contributed by atoms with Gasteiger partial charge in [-0.3, -0.25) is 19.3 Å². The lowest BCUT2D eigenvalue weighted by molar-refractivity contribution is -0.140. The minimum atomic E-state index is -0.444. The van der Waals surface area contributed by atoms with Crippen molar-refractivity contribution in [1.82, 2.24) is 4.57 Å². The Bertz CT molecular complexity index is 1360. The monoisotopic (exact) mass is 528 g/mol. The van der Waals surface area contributed by atoms with Crippen molar-refractivity contribution in [1.29, 1.82) is 0 Å². The van der Waals surface area contributed by atoms with E-state index in [1.807, 2.05) is 54.6 Å². The van der Waals surface area contributed by atoms with E-state index in [0.29, 0.717) is 12.1 Å². The number of hydrogen-bond acceptors (Lipinski definition) is 5.